The van der Waals surface area contributed by atoms with Crippen LogP contribution in [0.2, 0.25) is 0 Å². The Morgan fingerprint density at radius 2 is 2.09 bits per heavy atom. The molecule has 1 aliphatic heterocycles. The Morgan fingerprint density at radius 1 is 1.22 bits per heavy atom. The summed E-state index contributed by atoms with van der Waals surface area (Å²) in [7, 11) is 0. The lowest BCUT2D eigenvalue weighted by Gasteiger charge is -2.21. The van der Waals surface area contributed by atoms with E-state index in [0.29, 0.717) is 6.04 Å². The topological polar surface area (TPSA) is 29.3 Å². The van der Waals surface area contributed by atoms with E-state index in [1.807, 2.05) is 35.7 Å². The summed E-state index contributed by atoms with van der Waals surface area (Å²) in [5.74, 6) is 1.66. The summed E-state index contributed by atoms with van der Waals surface area (Å²) in [4.78, 5) is 9.83. The Morgan fingerprint density at radius 3 is 2.87 bits per heavy atom. The monoisotopic (exact) mass is 324 g/mol. The predicted molar refractivity (Wildman–Crippen MR) is 93.4 cm³/mol. The molecule has 0 amide bonds. The molecule has 3 aromatic rings. The van der Waals surface area contributed by atoms with Crippen LogP contribution in [0.1, 0.15) is 34.5 Å². The fourth-order valence-corrected chi connectivity index (χ4v) is 4.31. The molecule has 4 heteroatoms. The molecule has 1 aliphatic rings. The summed E-state index contributed by atoms with van der Waals surface area (Å²) in [6.07, 6.45) is 4.31. The average molecular weight is 324 g/mol. The molecule has 2 aromatic heterocycles. The second kappa shape index (κ2) is 6.30. The lowest BCUT2D eigenvalue weighted by molar-refractivity contribution is 0.227. The first-order chi connectivity index (χ1) is 11.3. The van der Waals surface area contributed by atoms with E-state index in [4.69, 9.17) is 4.42 Å². The van der Waals surface area contributed by atoms with Crippen LogP contribution in [0, 0.1) is 6.92 Å². The maximum atomic E-state index is 5.97. The molecule has 118 valence electrons. The van der Waals surface area contributed by atoms with Crippen LogP contribution in [-0.2, 0) is 6.54 Å². The van der Waals surface area contributed by atoms with Gasteiger partial charge in [-0.3, -0.25) is 4.90 Å². The van der Waals surface area contributed by atoms with Crippen molar-refractivity contribution in [1.29, 1.82) is 0 Å². The number of thiophene rings is 1. The summed E-state index contributed by atoms with van der Waals surface area (Å²) in [5, 5.41) is 0. The minimum Gasteiger partial charge on any atom is -0.439 e. The second-order valence-corrected chi connectivity index (χ2v) is 7.38. The maximum Gasteiger partial charge on any atom is 0.209 e. The van der Waals surface area contributed by atoms with Crippen molar-refractivity contribution in [3.05, 3.63) is 64.3 Å². The van der Waals surface area contributed by atoms with Crippen molar-refractivity contribution in [3.8, 4) is 11.3 Å². The minimum absolute atomic E-state index is 0.515. The van der Waals surface area contributed by atoms with Gasteiger partial charge in [-0.25, -0.2) is 4.98 Å². The summed E-state index contributed by atoms with van der Waals surface area (Å²) in [6, 6.07) is 15.2. The van der Waals surface area contributed by atoms with Gasteiger partial charge in [-0.15, -0.1) is 11.3 Å². The van der Waals surface area contributed by atoms with E-state index in [0.717, 1.165) is 30.3 Å². The third kappa shape index (κ3) is 3.09. The molecular weight excluding hydrogens is 304 g/mol. The van der Waals surface area contributed by atoms with Crippen molar-refractivity contribution in [1.82, 2.24) is 9.88 Å². The van der Waals surface area contributed by atoms with Gasteiger partial charge >= 0.3 is 0 Å². The molecule has 1 unspecified atom stereocenters. The molecule has 3 heterocycles. The van der Waals surface area contributed by atoms with Gasteiger partial charge in [0.15, 0.2) is 5.76 Å². The molecule has 0 bridgehead atoms. The molecule has 0 N–H and O–H groups in total. The highest BCUT2D eigenvalue weighted by Gasteiger charge is 2.28. The van der Waals surface area contributed by atoms with Crippen molar-refractivity contribution in [2.45, 2.75) is 32.4 Å². The fourth-order valence-electron chi connectivity index (χ4n) is 3.26. The van der Waals surface area contributed by atoms with Gasteiger partial charge in [-0.05, 0) is 38.4 Å². The van der Waals surface area contributed by atoms with E-state index in [1.54, 1.807) is 0 Å². The minimum atomic E-state index is 0.515. The molecule has 1 atom stereocenters. The third-order valence-corrected chi connectivity index (χ3v) is 5.51. The summed E-state index contributed by atoms with van der Waals surface area (Å²) >= 11 is 1.91. The highest BCUT2D eigenvalue weighted by molar-refractivity contribution is 7.12. The number of rotatable bonds is 4. The molecule has 0 aliphatic carbocycles. The van der Waals surface area contributed by atoms with Gasteiger partial charge in [-0.2, -0.15) is 0 Å². The first-order valence-electron chi connectivity index (χ1n) is 8.10. The predicted octanol–water partition coefficient (Wildman–Crippen LogP) is 5.05. The van der Waals surface area contributed by atoms with Crippen LogP contribution in [0.4, 0.5) is 0 Å². The molecule has 1 saturated heterocycles. The fraction of sp³-hybridized carbons (Fsp3) is 0.316. The van der Waals surface area contributed by atoms with E-state index in [9.17, 15) is 0 Å². The molecule has 1 fully saturated rings. The van der Waals surface area contributed by atoms with Crippen molar-refractivity contribution >= 4 is 11.3 Å². The summed E-state index contributed by atoms with van der Waals surface area (Å²) in [5.41, 5.74) is 1.08. The lowest BCUT2D eigenvalue weighted by Crippen LogP contribution is -2.22. The highest BCUT2D eigenvalue weighted by Crippen LogP contribution is 2.36. The molecule has 3 nitrogen and oxygen atoms in total. The molecular formula is C19H20N2OS. The Hall–Kier alpha value is -1.91. The third-order valence-electron chi connectivity index (χ3n) is 4.40. The molecule has 0 saturated carbocycles. The van der Waals surface area contributed by atoms with Crippen LogP contribution in [-0.4, -0.2) is 16.4 Å². The highest BCUT2D eigenvalue weighted by atomic mass is 32.1. The van der Waals surface area contributed by atoms with Gasteiger partial charge in [0.1, 0.15) is 0 Å². The van der Waals surface area contributed by atoms with Crippen molar-refractivity contribution in [2.24, 2.45) is 0 Å². The van der Waals surface area contributed by atoms with Gasteiger partial charge in [0.25, 0.3) is 0 Å². The van der Waals surface area contributed by atoms with Gasteiger partial charge in [0.05, 0.1) is 12.7 Å². The number of likely N-dealkylation sites (tertiary alicyclic amines) is 1. The van der Waals surface area contributed by atoms with E-state index >= 15 is 0 Å². The zero-order valence-corrected chi connectivity index (χ0v) is 14.1. The van der Waals surface area contributed by atoms with Crippen LogP contribution in [0.5, 0.6) is 0 Å². The van der Waals surface area contributed by atoms with Crippen molar-refractivity contribution in [3.63, 3.8) is 0 Å². The van der Waals surface area contributed by atoms with Crippen molar-refractivity contribution < 1.29 is 4.42 Å². The smallest absolute Gasteiger partial charge is 0.209 e. The molecule has 0 radical (unpaired) electrons. The number of benzene rings is 1. The van der Waals surface area contributed by atoms with Gasteiger partial charge in [0.2, 0.25) is 5.89 Å². The SMILES string of the molecule is Cc1ccc(C2CCCN2Cc2ncc(-c3ccccc3)o2)s1. The number of nitrogens with zero attached hydrogens (tertiary/aromatic N) is 2. The zero-order valence-electron chi connectivity index (χ0n) is 13.2. The quantitative estimate of drug-likeness (QED) is 0.672. The number of aryl methyl sites for hydroxylation is 1. The summed E-state index contributed by atoms with van der Waals surface area (Å²) < 4.78 is 5.97. The molecule has 4 rings (SSSR count). The van der Waals surface area contributed by atoms with E-state index in [2.05, 4.69) is 41.1 Å². The zero-order chi connectivity index (χ0) is 15.6. The number of oxazole rings is 1. The van der Waals surface area contributed by atoms with E-state index in [-0.39, 0.29) is 0 Å². The standard InChI is InChI=1S/C19H20N2OS/c1-14-9-10-18(23-14)16-8-5-11-21(16)13-19-20-12-17(22-19)15-6-3-2-4-7-15/h2-4,6-7,9-10,12,16H,5,8,11,13H2,1H3. The van der Waals surface area contributed by atoms with Crippen LogP contribution in [0.25, 0.3) is 11.3 Å². The Balaban J connectivity index is 1.50. The van der Waals surface area contributed by atoms with E-state index in [1.165, 1.54) is 22.6 Å². The largest absolute Gasteiger partial charge is 0.439 e. The van der Waals surface area contributed by atoms with Crippen LogP contribution >= 0.6 is 11.3 Å². The lowest BCUT2D eigenvalue weighted by atomic mass is 10.2. The first kappa shape index (κ1) is 14.7. The Kier molecular flexibility index (Phi) is 4.02. The molecule has 0 spiro atoms. The average Bonchev–Trinajstić information content (AvgIpc) is 3.29. The van der Waals surface area contributed by atoms with Crippen molar-refractivity contribution in [2.75, 3.05) is 6.54 Å². The number of aromatic nitrogens is 1. The number of hydrogen-bond acceptors (Lipinski definition) is 4. The van der Waals surface area contributed by atoms with Gasteiger partial charge in [-0.1, -0.05) is 30.3 Å². The Labute approximate surface area is 140 Å². The van der Waals surface area contributed by atoms with Crippen LogP contribution in [0.15, 0.2) is 53.1 Å². The Bertz CT molecular complexity index is 778. The first-order valence-corrected chi connectivity index (χ1v) is 8.92. The maximum absolute atomic E-state index is 5.97. The molecule has 23 heavy (non-hydrogen) atoms. The van der Waals surface area contributed by atoms with E-state index < -0.39 is 0 Å². The van der Waals surface area contributed by atoms with Gasteiger partial charge in [0, 0.05) is 21.4 Å². The number of hydrogen-bond donors (Lipinski definition) is 0. The van der Waals surface area contributed by atoms with Crippen LogP contribution in [0.3, 0.4) is 0 Å². The molecule has 1 aromatic carbocycles. The van der Waals surface area contributed by atoms with Gasteiger partial charge < -0.3 is 4.42 Å². The normalized spacial score (nSPS) is 18.6. The second-order valence-electron chi connectivity index (χ2n) is 6.06. The summed E-state index contributed by atoms with van der Waals surface area (Å²) in [6.45, 7) is 4.08. The van der Waals surface area contributed by atoms with Crippen LogP contribution < -0.4 is 0 Å².